The van der Waals surface area contributed by atoms with Crippen LogP contribution in [0.1, 0.15) is 24.2 Å². The number of hydrogen-bond donors (Lipinski definition) is 3. The van der Waals surface area contributed by atoms with Crippen LogP contribution in [-0.2, 0) is 0 Å². The van der Waals surface area contributed by atoms with Crippen molar-refractivity contribution in [2.75, 3.05) is 18.9 Å². The third-order valence-corrected chi connectivity index (χ3v) is 3.12. The minimum atomic E-state index is -1.07. The number of benzene rings is 1. The fourth-order valence-corrected chi connectivity index (χ4v) is 1.96. The standard InChI is InChI=1S/C13H17BrN2O4/c1-13(2,20)7-16(3)12(19)15-10-6-8(11(17)18)4-5-9(10)14/h4-6,20H,7H2,1-3H3,(H,15,19)(H,17,18). The number of amides is 2. The summed E-state index contributed by atoms with van der Waals surface area (Å²) in [4.78, 5) is 24.2. The van der Waals surface area contributed by atoms with E-state index >= 15 is 0 Å². The summed E-state index contributed by atoms with van der Waals surface area (Å²) in [6.07, 6.45) is 0. The summed E-state index contributed by atoms with van der Waals surface area (Å²) < 4.78 is 0.576. The number of anilines is 1. The topological polar surface area (TPSA) is 89.9 Å². The quantitative estimate of drug-likeness (QED) is 0.782. The van der Waals surface area contributed by atoms with Gasteiger partial charge in [-0.3, -0.25) is 0 Å². The van der Waals surface area contributed by atoms with E-state index < -0.39 is 17.6 Å². The molecule has 110 valence electrons. The van der Waals surface area contributed by atoms with Gasteiger partial charge in [-0.25, -0.2) is 9.59 Å². The number of hydrogen-bond acceptors (Lipinski definition) is 3. The van der Waals surface area contributed by atoms with E-state index in [4.69, 9.17) is 5.11 Å². The van der Waals surface area contributed by atoms with Gasteiger partial charge in [0, 0.05) is 11.5 Å². The molecule has 0 fully saturated rings. The number of urea groups is 1. The van der Waals surface area contributed by atoms with Gasteiger partial charge in [0.25, 0.3) is 0 Å². The number of carbonyl (C=O) groups excluding carboxylic acids is 1. The number of nitrogens with one attached hydrogen (secondary N) is 1. The average Bonchev–Trinajstić information content (AvgIpc) is 2.29. The number of carboxylic acid groups (broad SMARTS) is 1. The Kier molecular flexibility index (Phi) is 5.13. The molecule has 7 heteroatoms. The second-order valence-corrected chi connectivity index (χ2v) is 5.95. The van der Waals surface area contributed by atoms with Crippen molar-refractivity contribution in [3.8, 4) is 0 Å². The Morgan fingerprint density at radius 3 is 2.50 bits per heavy atom. The van der Waals surface area contributed by atoms with Crippen LogP contribution in [0.15, 0.2) is 22.7 Å². The van der Waals surface area contributed by atoms with Gasteiger partial charge in [0.2, 0.25) is 0 Å². The van der Waals surface area contributed by atoms with Gasteiger partial charge in [0.05, 0.1) is 23.4 Å². The van der Waals surface area contributed by atoms with Gasteiger partial charge >= 0.3 is 12.0 Å². The Morgan fingerprint density at radius 1 is 1.40 bits per heavy atom. The summed E-state index contributed by atoms with van der Waals surface area (Å²) >= 11 is 3.24. The fourth-order valence-electron chi connectivity index (χ4n) is 1.62. The second-order valence-electron chi connectivity index (χ2n) is 5.10. The Bertz CT molecular complexity index is 526. The van der Waals surface area contributed by atoms with Gasteiger partial charge in [-0.05, 0) is 48.0 Å². The monoisotopic (exact) mass is 344 g/mol. The second kappa shape index (κ2) is 6.23. The SMILES string of the molecule is CN(CC(C)(C)O)C(=O)Nc1cc(C(=O)O)ccc1Br. The number of aliphatic hydroxyl groups is 1. The number of halogens is 1. The molecule has 0 aliphatic rings. The van der Waals surface area contributed by atoms with Crippen molar-refractivity contribution < 1.29 is 19.8 Å². The Balaban J connectivity index is 2.85. The lowest BCUT2D eigenvalue weighted by molar-refractivity contribution is 0.0550. The molecule has 2 amide bonds. The molecule has 0 aliphatic carbocycles. The number of carbonyl (C=O) groups is 2. The molecule has 1 aromatic rings. The van der Waals surface area contributed by atoms with Crippen LogP contribution in [-0.4, -0.2) is 46.3 Å². The number of nitrogens with zero attached hydrogens (tertiary/aromatic N) is 1. The largest absolute Gasteiger partial charge is 0.478 e. The van der Waals surface area contributed by atoms with Crippen LogP contribution in [0, 0.1) is 0 Å². The van der Waals surface area contributed by atoms with E-state index in [0.29, 0.717) is 10.2 Å². The predicted molar refractivity (Wildman–Crippen MR) is 79.0 cm³/mol. The lowest BCUT2D eigenvalue weighted by Crippen LogP contribution is -2.41. The lowest BCUT2D eigenvalue weighted by atomic mass is 10.1. The summed E-state index contributed by atoms with van der Waals surface area (Å²) in [6, 6.07) is 3.91. The Hall–Kier alpha value is -1.60. The van der Waals surface area contributed by atoms with Crippen molar-refractivity contribution >= 4 is 33.6 Å². The molecule has 0 radical (unpaired) electrons. The van der Waals surface area contributed by atoms with Crippen LogP contribution in [0.5, 0.6) is 0 Å². The highest BCUT2D eigenvalue weighted by Crippen LogP contribution is 2.24. The summed E-state index contributed by atoms with van der Waals surface area (Å²) in [5, 5.41) is 21.2. The summed E-state index contributed by atoms with van der Waals surface area (Å²) in [7, 11) is 1.54. The van der Waals surface area contributed by atoms with Gasteiger partial charge in [0.1, 0.15) is 0 Å². The predicted octanol–water partition coefficient (Wildman–Crippen LogP) is 2.38. The maximum absolute atomic E-state index is 12.0. The van der Waals surface area contributed by atoms with Gasteiger partial charge < -0.3 is 20.4 Å². The molecular weight excluding hydrogens is 328 g/mol. The molecule has 3 N–H and O–H groups in total. The molecule has 6 nitrogen and oxygen atoms in total. The lowest BCUT2D eigenvalue weighted by Gasteiger charge is -2.26. The highest BCUT2D eigenvalue weighted by molar-refractivity contribution is 9.10. The van der Waals surface area contributed by atoms with Crippen molar-refractivity contribution in [3.63, 3.8) is 0 Å². The van der Waals surface area contributed by atoms with Gasteiger partial charge in [-0.1, -0.05) is 0 Å². The first kappa shape index (κ1) is 16.5. The first-order valence-electron chi connectivity index (χ1n) is 5.87. The molecule has 20 heavy (non-hydrogen) atoms. The smallest absolute Gasteiger partial charge is 0.335 e. The van der Waals surface area contributed by atoms with Gasteiger partial charge in [0.15, 0.2) is 0 Å². The number of rotatable bonds is 4. The van der Waals surface area contributed by atoms with Crippen LogP contribution < -0.4 is 5.32 Å². The first-order chi connectivity index (χ1) is 9.10. The zero-order valence-corrected chi connectivity index (χ0v) is 13.1. The summed E-state index contributed by atoms with van der Waals surface area (Å²) in [5.74, 6) is -1.07. The molecule has 1 aromatic carbocycles. The highest BCUT2D eigenvalue weighted by atomic mass is 79.9. The molecule has 0 atom stereocenters. The molecule has 0 aromatic heterocycles. The molecule has 0 unspecified atom stereocenters. The van der Waals surface area contributed by atoms with Crippen LogP contribution in [0.2, 0.25) is 0 Å². The van der Waals surface area contributed by atoms with Crippen molar-refractivity contribution in [2.45, 2.75) is 19.4 Å². The molecule has 0 aliphatic heterocycles. The third-order valence-electron chi connectivity index (χ3n) is 2.43. The maximum Gasteiger partial charge on any atom is 0.335 e. The molecule has 0 spiro atoms. The van der Waals surface area contributed by atoms with Crippen molar-refractivity contribution in [1.82, 2.24) is 4.90 Å². The molecule has 0 saturated carbocycles. The van der Waals surface area contributed by atoms with Gasteiger partial charge in [-0.15, -0.1) is 0 Å². The van der Waals surface area contributed by atoms with Crippen LogP contribution in [0.3, 0.4) is 0 Å². The summed E-state index contributed by atoms with van der Waals surface area (Å²) in [6.45, 7) is 3.34. The number of carboxylic acids is 1. The first-order valence-corrected chi connectivity index (χ1v) is 6.67. The normalized spacial score (nSPS) is 11.1. The fraction of sp³-hybridized carbons (Fsp3) is 0.385. The van der Waals surface area contributed by atoms with E-state index in [1.54, 1.807) is 27.0 Å². The van der Waals surface area contributed by atoms with E-state index in [1.165, 1.54) is 17.0 Å². The van der Waals surface area contributed by atoms with E-state index in [-0.39, 0.29) is 12.1 Å². The molecular formula is C13H17BrN2O4. The van der Waals surface area contributed by atoms with Crippen molar-refractivity contribution in [1.29, 1.82) is 0 Å². The minimum Gasteiger partial charge on any atom is -0.478 e. The van der Waals surface area contributed by atoms with Crippen LogP contribution in [0.4, 0.5) is 10.5 Å². The molecule has 1 rings (SSSR count). The van der Waals surface area contributed by atoms with E-state index in [1.807, 2.05) is 0 Å². The molecule has 0 bridgehead atoms. The average molecular weight is 345 g/mol. The van der Waals surface area contributed by atoms with E-state index in [2.05, 4.69) is 21.2 Å². The zero-order valence-electron chi connectivity index (χ0n) is 11.5. The Labute approximate surface area is 125 Å². The third kappa shape index (κ3) is 4.82. The summed E-state index contributed by atoms with van der Waals surface area (Å²) in [5.41, 5.74) is -0.571. The molecule has 0 heterocycles. The van der Waals surface area contributed by atoms with Crippen LogP contribution >= 0.6 is 15.9 Å². The van der Waals surface area contributed by atoms with Crippen LogP contribution in [0.25, 0.3) is 0 Å². The van der Waals surface area contributed by atoms with E-state index in [9.17, 15) is 14.7 Å². The maximum atomic E-state index is 12.0. The minimum absolute atomic E-state index is 0.0774. The number of aromatic carboxylic acids is 1. The molecule has 0 saturated heterocycles. The van der Waals surface area contributed by atoms with Gasteiger partial charge in [-0.2, -0.15) is 0 Å². The number of likely N-dealkylation sites (N-methyl/N-ethyl adjacent to an activating group) is 1. The zero-order chi connectivity index (χ0) is 15.5. The Morgan fingerprint density at radius 2 is 2.00 bits per heavy atom. The highest BCUT2D eigenvalue weighted by Gasteiger charge is 2.20. The van der Waals surface area contributed by atoms with Crippen molar-refractivity contribution in [3.05, 3.63) is 28.2 Å². The van der Waals surface area contributed by atoms with E-state index in [0.717, 1.165) is 0 Å². The van der Waals surface area contributed by atoms with Crippen molar-refractivity contribution in [2.24, 2.45) is 0 Å².